The zero-order valence-electron chi connectivity index (χ0n) is 14.1. The van der Waals surface area contributed by atoms with Crippen LogP contribution in [0.1, 0.15) is 28.9 Å². The van der Waals surface area contributed by atoms with Gasteiger partial charge in [0.25, 0.3) is 5.91 Å². The van der Waals surface area contributed by atoms with Crippen LogP contribution in [0.5, 0.6) is 0 Å². The predicted molar refractivity (Wildman–Crippen MR) is 112 cm³/mol. The molecule has 2 aromatic carbocycles. The van der Waals surface area contributed by atoms with Crippen molar-refractivity contribution < 1.29 is 4.79 Å². The Morgan fingerprint density at radius 2 is 1.73 bits per heavy atom. The summed E-state index contributed by atoms with van der Waals surface area (Å²) in [5.41, 5.74) is 1.97. The summed E-state index contributed by atoms with van der Waals surface area (Å²) in [4.78, 5) is 15.5. The summed E-state index contributed by atoms with van der Waals surface area (Å²) in [6.07, 6.45) is 3.80. The van der Waals surface area contributed by atoms with Gasteiger partial charge in [-0.05, 0) is 55.7 Å². The van der Waals surface area contributed by atoms with Gasteiger partial charge >= 0.3 is 0 Å². The van der Waals surface area contributed by atoms with Crippen molar-refractivity contribution in [2.75, 3.05) is 23.3 Å². The summed E-state index contributed by atoms with van der Waals surface area (Å²) in [5, 5.41) is 4.90. The number of halogens is 2. The molecule has 6 heteroatoms. The van der Waals surface area contributed by atoms with Gasteiger partial charge in [0.15, 0.2) is 0 Å². The molecule has 0 spiro atoms. The third-order valence-electron chi connectivity index (χ3n) is 4.64. The van der Waals surface area contributed by atoms with Crippen molar-refractivity contribution in [3.8, 4) is 0 Å². The van der Waals surface area contributed by atoms with Crippen molar-refractivity contribution in [3.05, 3.63) is 57.4 Å². The maximum Gasteiger partial charge on any atom is 0.267 e. The molecule has 0 saturated carbocycles. The summed E-state index contributed by atoms with van der Waals surface area (Å²) in [6.45, 7) is 2.21. The summed E-state index contributed by atoms with van der Waals surface area (Å²) >= 11 is 13.8. The largest absolute Gasteiger partial charge is 0.372 e. The van der Waals surface area contributed by atoms with Crippen molar-refractivity contribution in [1.29, 1.82) is 0 Å². The zero-order chi connectivity index (χ0) is 18.1. The number of fused-ring (bicyclic) bond motifs is 1. The second kappa shape index (κ2) is 7.47. The molecular formula is C20H18Cl2N2OS. The van der Waals surface area contributed by atoms with Crippen molar-refractivity contribution in [1.82, 2.24) is 0 Å². The van der Waals surface area contributed by atoms with Gasteiger partial charge in [-0.2, -0.15) is 0 Å². The van der Waals surface area contributed by atoms with E-state index in [1.54, 1.807) is 6.07 Å². The minimum atomic E-state index is -0.196. The summed E-state index contributed by atoms with van der Waals surface area (Å²) in [5.74, 6) is -0.196. The number of thiophene rings is 1. The second-order valence-electron chi connectivity index (χ2n) is 6.43. The number of rotatable bonds is 3. The van der Waals surface area contributed by atoms with Crippen LogP contribution < -0.4 is 10.2 Å². The summed E-state index contributed by atoms with van der Waals surface area (Å²) in [6, 6.07) is 13.5. The number of nitrogens with zero attached hydrogens (tertiary/aromatic N) is 1. The average molecular weight is 405 g/mol. The monoisotopic (exact) mass is 404 g/mol. The van der Waals surface area contributed by atoms with E-state index in [1.165, 1.54) is 36.3 Å². The first kappa shape index (κ1) is 17.7. The maximum absolute atomic E-state index is 12.6. The molecule has 3 aromatic rings. The van der Waals surface area contributed by atoms with Gasteiger partial charge in [-0.1, -0.05) is 29.3 Å². The lowest BCUT2D eigenvalue weighted by molar-refractivity contribution is 0.103. The van der Waals surface area contributed by atoms with Gasteiger partial charge in [-0.15, -0.1) is 11.3 Å². The van der Waals surface area contributed by atoms with Crippen LogP contribution >= 0.6 is 34.5 Å². The maximum atomic E-state index is 12.6. The number of nitrogens with one attached hydrogen (secondary N) is 1. The molecule has 2 heterocycles. The molecule has 1 N–H and O–H groups in total. The van der Waals surface area contributed by atoms with Gasteiger partial charge in [0.1, 0.15) is 4.88 Å². The van der Waals surface area contributed by atoms with Gasteiger partial charge in [0.05, 0.1) is 5.02 Å². The fourth-order valence-corrected chi connectivity index (χ4v) is 4.97. The van der Waals surface area contributed by atoms with Crippen LogP contribution in [0.3, 0.4) is 0 Å². The first-order chi connectivity index (χ1) is 12.6. The number of hydrogen-bond donors (Lipinski definition) is 1. The molecule has 1 saturated heterocycles. The van der Waals surface area contributed by atoms with Gasteiger partial charge in [-0.25, -0.2) is 0 Å². The van der Waals surface area contributed by atoms with Crippen molar-refractivity contribution in [2.45, 2.75) is 19.3 Å². The SMILES string of the molecule is O=C(Nc1ccc(N2CCCCC2)cc1)c1sc2cc(Cl)ccc2c1Cl. The number of amides is 1. The molecular weight excluding hydrogens is 387 g/mol. The van der Waals surface area contributed by atoms with Gasteiger partial charge in [0.2, 0.25) is 0 Å². The van der Waals surface area contributed by atoms with E-state index in [9.17, 15) is 4.79 Å². The lowest BCUT2D eigenvalue weighted by atomic mass is 10.1. The number of benzene rings is 2. The molecule has 1 aliphatic rings. The van der Waals surface area contributed by atoms with E-state index >= 15 is 0 Å². The van der Waals surface area contributed by atoms with Crippen molar-refractivity contribution in [3.63, 3.8) is 0 Å². The Bertz CT molecular complexity index is 946. The Kier molecular flexibility index (Phi) is 5.07. The molecule has 4 rings (SSSR count). The lowest BCUT2D eigenvalue weighted by Crippen LogP contribution is -2.29. The molecule has 0 unspecified atom stereocenters. The van der Waals surface area contributed by atoms with Gasteiger partial charge in [-0.3, -0.25) is 4.79 Å². The average Bonchev–Trinajstić information content (AvgIpc) is 2.99. The molecule has 0 radical (unpaired) electrons. The number of hydrogen-bond acceptors (Lipinski definition) is 3. The quantitative estimate of drug-likeness (QED) is 0.543. The Morgan fingerprint density at radius 3 is 2.46 bits per heavy atom. The van der Waals surface area contributed by atoms with Crippen LogP contribution in [0.4, 0.5) is 11.4 Å². The van der Waals surface area contributed by atoms with Crippen molar-refractivity contribution >= 4 is 61.9 Å². The fraction of sp³-hybridized carbons (Fsp3) is 0.250. The first-order valence-corrected chi connectivity index (χ1v) is 10.2. The van der Waals surface area contributed by atoms with Gasteiger partial charge < -0.3 is 10.2 Å². The van der Waals surface area contributed by atoms with Crippen LogP contribution in [0.15, 0.2) is 42.5 Å². The van der Waals surface area contributed by atoms with Crippen molar-refractivity contribution in [2.24, 2.45) is 0 Å². The van der Waals surface area contributed by atoms with E-state index in [4.69, 9.17) is 23.2 Å². The molecule has 134 valence electrons. The minimum absolute atomic E-state index is 0.196. The standard InChI is InChI=1S/C20H18Cl2N2OS/c21-13-4-9-16-17(12-13)26-19(18(16)22)20(25)23-14-5-7-15(8-6-14)24-10-2-1-3-11-24/h4-9,12H,1-3,10-11H2,(H,23,25). The summed E-state index contributed by atoms with van der Waals surface area (Å²) in [7, 11) is 0. The van der Waals surface area contributed by atoms with Gasteiger partial charge in [0, 0.05) is 39.6 Å². The third-order valence-corrected chi connectivity index (χ3v) is 6.54. The highest BCUT2D eigenvalue weighted by atomic mass is 35.5. The van der Waals surface area contributed by atoms with Crippen LogP contribution in [0, 0.1) is 0 Å². The molecule has 0 atom stereocenters. The Balaban J connectivity index is 1.52. The van der Waals surface area contributed by atoms with E-state index in [1.807, 2.05) is 24.3 Å². The Labute approximate surface area is 166 Å². The zero-order valence-corrected chi connectivity index (χ0v) is 16.4. The van der Waals surface area contributed by atoms with Crippen LogP contribution in [-0.4, -0.2) is 19.0 Å². The first-order valence-electron chi connectivity index (χ1n) is 8.66. The molecule has 1 aliphatic heterocycles. The number of carbonyl (C=O) groups is 1. The van der Waals surface area contributed by atoms with E-state index in [0.717, 1.165) is 28.9 Å². The van der Waals surface area contributed by atoms with Crippen LogP contribution in [0.2, 0.25) is 10.0 Å². The lowest BCUT2D eigenvalue weighted by Gasteiger charge is -2.28. The number of anilines is 2. The minimum Gasteiger partial charge on any atom is -0.372 e. The third kappa shape index (κ3) is 3.54. The fourth-order valence-electron chi connectivity index (χ4n) is 3.28. The highest BCUT2D eigenvalue weighted by Crippen LogP contribution is 2.37. The van der Waals surface area contributed by atoms with E-state index in [2.05, 4.69) is 22.3 Å². The van der Waals surface area contributed by atoms with E-state index in [0.29, 0.717) is 14.9 Å². The summed E-state index contributed by atoms with van der Waals surface area (Å²) < 4.78 is 0.910. The normalized spacial score (nSPS) is 14.6. The smallest absolute Gasteiger partial charge is 0.267 e. The molecule has 1 fully saturated rings. The van der Waals surface area contributed by atoms with Crippen LogP contribution in [0.25, 0.3) is 10.1 Å². The predicted octanol–water partition coefficient (Wildman–Crippen LogP) is 6.45. The molecule has 26 heavy (non-hydrogen) atoms. The number of carbonyl (C=O) groups excluding carboxylic acids is 1. The van der Waals surface area contributed by atoms with E-state index in [-0.39, 0.29) is 5.91 Å². The molecule has 0 aliphatic carbocycles. The molecule has 1 amide bonds. The van der Waals surface area contributed by atoms with E-state index < -0.39 is 0 Å². The highest BCUT2D eigenvalue weighted by molar-refractivity contribution is 7.21. The second-order valence-corrected chi connectivity index (χ2v) is 8.30. The molecule has 0 bridgehead atoms. The topological polar surface area (TPSA) is 32.3 Å². The molecule has 1 aromatic heterocycles. The Morgan fingerprint density at radius 1 is 1.00 bits per heavy atom. The number of piperidine rings is 1. The Hall–Kier alpha value is -1.75. The highest BCUT2D eigenvalue weighted by Gasteiger charge is 2.18. The molecule has 3 nitrogen and oxygen atoms in total. The van der Waals surface area contributed by atoms with Crippen LogP contribution in [-0.2, 0) is 0 Å².